The molecule has 1 saturated heterocycles. The summed E-state index contributed by atoms with van der Waals surface area (Å²) >= 11 is 0. The molecule has 1 fully saturated rings. The van der Waals surface area contributed by atoms with Crippen molar-refractivity contribution < 1.29 is 9.47 Å². The number of nitriles is 1. The molecule has 1 aromatic carbocycles. The first-order chi connectivity index (χ1) is 12.0. The fraction of sp³-hybridized carbons (Fsp3) is 0.526. The highest BCUT2D eigenvalue weighted by atomic mass is 16.5. The van der Waals surface area contributed by atoms with Crippen LogP contribution in [0.1, 0.15) is 26.7 Å². The molecule has 0 atom stereocenters. The van der Waals surface area contributed by atoms with Gasteiger partial charge in [0.2, 0.25) is 0 Å². The maximum absolute atomic E-state index is 9.37. The van der Waals surface area contributed by atoms with E-state index in [1.165, 1.54) is 0 Å². The molecule has 0 bridgehead atoms. The van der Waals surface area contributed by atoms with Gasteiger partial charge in [-0.15, -0.1) is 0 Å². The highest BCUT2D eigenvalue weighted by Crippen LogP contribution is 2.38. The van der Waals surface area contributed by atoms with Gasteiger partial charge in [0.05, 0.1) is 31.2 Å². The summed E-state index contributed by atoms with van der Waals surface area (Å²) in [5.41, 5.74) is 0.554. The van der Waals surface area contributed by atoms with Crippen LogP contribution < -0.4 is 14.4 Å². The van der Waals surface area contributed by atoms with Crippen molar-refractivity contribution in [3.8, 4) is 17.6 Å². The number of hydrogen-bond donors (Lipinski definition) is 0. The average Bonchev–Trinajstić information content (AvgIpc) is 2.66. The van der Waals surface area contributed by atoms with Crippen LogP contribution >= 0.6 is 0 Å². The fourth-order valence-corrected chi connectivity index (χ4v) is 3.53. The van der Waals surface area contributed by atoms with E-state index < -0.39 is 0 Å². The molecule has 1 aliphatic rings. The molecule has 6 heteroatoms. The standard InChI is InChI=1S/C19H24N4O2/c1-19(2,11-20)13-5-7-23(8-6-13)18-14-9-16(24-3)17(25-4)10-15(14)21-12-22-18/h9-10,12-13H,5-8H2,1-4H3. The predicted octanol–water partition coefficient (Wildman–Crippen LogP) is 3.41. The molecule has 0 unspecified atom stereocenters. The Kier molecular flexibility index (Phi) is 4.67. The van der Waals surface area contributed by atoms with Gasteiger partial charge in [-0.3, -0.25) is 0 Å². The van der Waals surface area contributed by atoms with Gasteiger partial charge in [0.25, 0.3) is 0 Å². The van der Waals surface area contributed by atoms with Crippen molar-refractivity contribution in [2.24, 2.45) is 11.3 Å². The molecule has 132 valence electrons. The highest BCUT2D eigenvalue weighted by Gasteiger charge is 2.33. The first-order valence-electron chi connectivity index (χ1n) is 8.53. The molecular weight excluding hydrogens is 316 g/mol. The smallest absolute Gasteiger partial charge is 0.162 e. The van der Waals surface area contributed by atoms with E-state index in [4.69, 9.17) is 9.47 Å². The van der Waals surface area contributed by atoms with Crippen molar-refractivity contribution in [1.82, 2.24) is 9.97 Å². The Hall–Kier alpha value is -2.55. The maximum atomic E-state index is 9.37. The van der Waals surface area contributed by atoms with E-state index in [1.807, 2.05) is 26.0 Å². The molecule has 3 rings (SSSR count). The van der Waals surface area contributed by atoms with Crippen LogP contribution in [-0.4, -0.2) is 37.3 Å². The van der Waals surface area contributed by atoms with Crippen LogP contribution in [0.5, 0.6) is 11.5 Å². The number of aromatic nitrogens is 2. The Bertz CT molecular complexity index is 805. The number of fused-ring (bicyclic) bond motifs is 1. The number of nitrogens with zero attached hydrogens (tertiary/aromatic N) is 4. The quantitative estimate of drug-likeness (QED) is 0.849. The third-order valence-corrected chi connectivity index (χ3v) is 5.22. The molecule has 0 spiro atoms. The van der Waals surface area contributed by atoms with E-state index in [0.717, 1.165) is 42.7 Å². The van der Waals surface area contributed by atoms with Gasteiger partial charge in [-0.2, -0.15) is 5.26 Å². The molecule has 0 aliphatic carbocycles. The molecule has 2 heterocycles. The molecule has 25 heavy (non-hydrogen) atoms. The summed E-state index contributed by atoms with van der Waals surface area (Å²) in [6, 6.07) is 6.27. The summed E-state index contributed by atoms with van der Waals surface area (Å²) in [5, 5.41) is 10.3. The van der Waals surface area contributed by atoms with Crippen molar-refractivity contribution in [2.45, 2.75) is 26.7 Å². The van der Waals surface area contributed by atoms with Gasteiger partial charge in [0.15, 0.2) is 11.5 Å². The maximum Gasteiger partial charge on any atom is 0.162 e. The normalized spacial score (nSPS) is 15.9. The van der Waals surface area contributed by atoms with Crippen molar-refractivity contribution in [3.63, 3.8) is 0 Å². The van der Waals surface area contributed by atoms with Gasteiger partial charge in [0.1, 0.15) is 12.1 Å². The van der Waals surface area contributed by atoms with Crippen LogP contribution in [0, 0.1) is 22.7 Å². The monoisotopic (exact) mass is 340 g/mol. The molecular formula is C19H24N4O2. The molecule has 6 nitrogen and oxygen atoms in total. The minimum atomic E-state index is -0.281. The zero-order valence-electron chi connectivity index (χ0n) is 15.2. The summed E-state index contributed by atoms with van der Waals surface area (Å²) in [4.78, 5) is 11.2. The Balaban J connectivity index is 1.91. The van der Waals surface area contributed by atoms with Gasteiger partial charge < -0.3 is 14.4 Å². The van der Waals surface area contributed by atoms with Crippen molar-refractivity contribution >= 4 is 16.7 Å². The topological polar surface area (TPSA) is 71.3 Å². The Morgan fingerprint density at radius 3 is 2.36 bits per heavy atom. The van der Waals surface area contributed by atoms with Gasteiger partial charge in [-0.25, -0.2) is 9.97 Å². The molecule has 0 radical (unpaired) electrons. The van der Waals surface area contributed by atoms with Crippen molar-refractivity contribution in [1.29, 1.82) is 5.26 Å². The van der Waals surface area contributed by atoms with Crippen LogP contribution in [0.25, 0.3) is 10.9 Å². The zero-order valence-corrected chi connectivity index (χ0v) is 15.2. The van der Waals surface area contributed by atoms with Crippen LogP contribution in [0.3, 0.4) is 0 Å². The Labute approximate surface area is 148 Å². The third-order valence-electron chi connectivity index (χ3n) is 5.22. The average molecular weight is 340 g/mol. The predicted molar refractivity (Wildman–Crippen MR) is 97.0 cm³/mol. The summed E-state index contributed by atoms with van der Waals surface area (Å²) in [6.45, 7) is 5.83. The number of piperidine rings is 1. The van der Waals surface area contributed by atoms with Crippen LogP contribution in [-0.2, 0) is 0 Å². The summed E-state index contributed by atoms with van der Waals surface area (Å²) < 4.78 is 10.8. The number of rotatable bonds is 4. The fourth-order valence-electron chi connectivity index (χ4n) is 3.53. The number of benzene rings is 1. The summed E-state index contributed by atoms with van der Waals surface area (Å²) in [5.74, 6) is 2.66. The van der Waals surface area contributed by atoms with Crippen LogP contribution in [0.15, 0.2) is 18.5 Å². The molecule has 0 amide bonds. The largest absolute Gasteiger partial charge is 0.493 e. The van der Waals surface area contributed by atoms with Crippen LogP contribution in [0.4, 0.5) is 5.82 Å². The molecule has 1 aliphatic heterocycles. The van der Waals surface area contributed by atoms with E-state index >= 15 is 0 Å². The number of anilines is 1. The zero-order chi connectivity index (χ0) is 18.0. The van der Waals surface area contributed by atoms with Crippen LogP contribution in [0.2, 0.25) is 0 Å². The lowest BCUT2D eigenvalue weighted by atomic mass is 9.75. The number of hydrogen-bond acceptors (Lipinski definition) is 6. The number of ether oxygens (including phenoxy) is 2. The van der Waals surface area contributed by atoms with E-state index in [9.17, 15) is 5.26 Å². The third kappa shape index (κ3) is 3.19. The second-order valence-electron chi connectivity index (χ2n) is 7.02. The van der Waals surface area contributed by atoms with Gasteiger partial charge in [0, 0.05) is 24.5 Å². The lowest BCUT2D eigenvalue weighted by Crippen LogP contribution is -2.39. The molecule has 1 aromatic heterocycles. The summed E-state index contributed by atoms with van der Waals surface area (Å²) in [6.07, 6.45) is 3.56. The van der Waals surface area contributed by atoms with Crippen molar-refractivity contribution in [2.75, 3.05) is 32.2 Å². The molecule has 0 N–H and O–H groups in total. The Morgan fingerprint density at radius 1 is 1.12 bits per heavy atom. The minimum absolute atomic E-state index is 0.281. The summed E-state index contributed by atoms with van der Waals surface area (Å²) in [7, 11) is 3.25. The van der Waals surface area contributed by atoms with Crippen molar-refractivity contribution in [3.05, 3.63) is 18.5 Å². The van der Waals surface area contributed by atoms with E-state index in [2.05, 4.69) is 20.9 Å². The minimum Gasteiger partial charge on any atom is -0.493 e. The lowest BCUT2D eigenvalue weighted by molar-refractivity contribution is 0.241. The lowest BCUT2D eigenvalue weighted by Gasteiger charge is -2.38. The second kappa shape index (κ2) is 6.75. The molecule has 0 saturated carbocycles. The first-order valence-corrected chi connectivity index (χ1v) is 8.53. The van der Waals surface area contributed by atoms with Gasteiger partial charge in [-0.05, 0) is 38.7 Å². The molecule has 2 aromatic rings. The van der Waals surface area contributed by atoms with E-state index in [1.54, 1.807) is 20.5 Å². The van der Waals surface area contributed by atoms with E-state index in [0.29, 0.717) is 17.4 Å². The first kappa shape index (κ1) is 17.3. The number of methoxy groups -OCH3 is 2. The van der Waals surface area contributed by atoms with Gasteiger partial charge in [-0.1, -0.05) is 0 Å². The second-order valence-corrected chi connectivity index (χ2v) is 7.02. The Morgan fingerprint density at radius 2 is 1.76 bits per heavy atom. The van der Waals surface area contributed by atoms with E-state index in [-0.39, 0.29) is 5.41 Å². The van der Waals surface area contributed by atoms with Gasteiger partial charge >= 0.3 is 0 Å². The highest BCUT2D eigenvalue weighted by molar-refractivity contribution is 5.92. The SMILES string of the molecule is COc1cc2ncnc(N3CCC(C(C)(C)C#N)CC3)c2cc1OC.